The maximum Gasteiger partial charge on any atom is 0.417 e. The maximum atomic E-state index is 12.9. The number of hydrogen-bond donors (Lipinski definition) is 0. The average Bonchev–Trinajstić information content (AvgIpc) is 2.41. The largest absolute Gasteiger partial charge is 0.417 e. The minimum Gasteiger partial charge on any atom is -0.298 e. The number of aldehydes is 1. The second-order valence-corrected chi connectivity index (χ2v) is 5.21. The Kier molecular flexibility index (Phi) is 4.46. The van der Waals surface area contributed by atoms with Crippen LogP contribution in [0, 0.1) is 0 Å². The van der Waals surface area contributed by atoms with Gasteiger partial charge in [0.05, 0.1) is 26.9 Å². The van der Waals surface area contributed by atoms with Crippen molar-refractivity contribution in [3.63, 3.8) is 0 Å². The molecule has 0 aliphatic rings. The molecule has 0 bridgehead atoms. The summed E-state index contributed by atoms with van der Waals surface area (Å²) >= 11 is 17.6. The number of alkyl halides is 3. The van der Waals surface area contributed by atoms with Crippen molar-refractivity contribution in [3.05, 3.63) is 50.6 Å². The lowest BCUT2D eigenvalue weighted by Crippen LogP contribution is -2.11. The molecule has 0 radical (unpaired) electrons. The lowest BCUT2D eigenvalue weighted by molar-refractivity contribution is -0.137. The molecule has 8 heteroatoms. The van der Waals surface area contributed by atoms with Gasteiger partial charge in [-0.05, 0) is 18.2 Å². The Labute approximate surface area is 132 Å². The topological polar surface area (TPSA) is 30.0 Å². The standard InChI is InChI=1S/C13H5Cl3F3NO/c14-6-3-7(11(16)10(15)4-6)12-8(5-21)9(1-2-20-12)13(17,18)19/h1-5H. The van der Waals surface area contributed by atoms with Gasteiger partial charge in [-0.3, -0.25) is 9.78 Å². The zero-order chi connectivity index (χ0) is 15.8. The van der Waals surface area contributed by atoms with Crippen LogP contribution in [0.15, 0.2) is 24.4 Å². The minimum atomic E-state index is -4.69. The number of carbonyl (C=O) groups is 1. The van der Waals surface area contributed by atoms with Gasteiger partial charge in [0.1, 0.15) is 0 Å². The Morgan fingerprint density at radius 2 is 1.81 bits per heavy atom. The van der Waals surface area contributed by atoms with Gasteiger partial charge in [-0.25, -0.2) is 0 Å². The van der Waals surface area contributed by atoms with Gasteiger partial charge < -0.3 is 0 Å². The van der Waals surface area contributed by atoms with E-state index in [2.05, 4.69) is 4.98 Å². The molecule has 1 aromatic heterocycles. The SMILES string of the molecule is O=Cc1c(C(F)(F)F)ccnc1-c1cc(Cl)cc(Cl)c1Cl. The summed E-state index contributed by atoms with van der Waals surface area (Å²) in [5, 5.41) is 0.182. The number of halogens is 6. The number of benzene rings is 1. The van der Waals surface area contributed by atoms with Crippen molar-refractivity contribution in [2.24, 2.45) is 0 Å². The molecule has 0 fully saturated rings. The van der Waals surface area contributed by atoms with E-state index in [4.69, 9.17) is 34.8 Å². The molecule has 110 valence electrons. The smallest absolute Gasteiger partial charge is 0.298 e. The first-order valence-corrected chi connectivity index (χ1v) is 6.55. The summed E-state index contributed by atoms with van der Waals surface area (Å²) < 4.78 is 38.8. The molecular formula is C13H5Cl3F3NO. The van der Waals surface area contributed by atoms with Gasteiger partial charge >= 0.3 is 6.18 Å². The number of pyridine rings is 1. The van der Waals surface area contributed by atoms with Crippen molar-refractivity contribution in [1.82, 2.24) is 4.98 Å². The minimum absolute atomic E-state index is 0.0315. The molecule has 0 aliphatic carbocycles. The molecule has 1 heterocycles. The zero-order valence-corrected chi connectivity index (χ0v) is 12.3. The van der Waals surface area contributed by atoms with Crippen LogP contribution in [0.1, 0.15) is 15.9 Å². The van der Waals surface area contributed by atoms with Crippen LogP contribution in [0.5, 0.6) is 0 Å². The van der Waals surface area contributed by atoms with Gasteiger partial charge in [-0.2, -0.15) is 13.2 Å². The van der Waals surface area contributed by atoms with E-state index in [1.807, 2.05) is 0 Å². The first-order chi connectivity index (χ1) is 9.75. The third-order valence-corrected chi connectivity index (χ3v) is 3.68. The van der Waals surface area contributed by atoms with Crippen LogP contribution in [-0.4, -0.2) is 11.3 Å². The van der Waals surface area contributed by atoms with Crippen LogP contribution in [0.4, 0.5) is 13.2 Å². The van der Waals surface area contributed by atoms with E-state index in [1.54, 1.807) is 0 Å². The number of carbonyl (C=O) groups excluding carboxylic acids is 1. The Morgan fingerprint density at radius 3 is 2.38 bits per heavy atom. The molecule has 0 N–H and O–H groups in total. The molecule has 2 aromatic rings. The Hall–Kier alpha value is -1.30. The molecule has 0 unspecified atom stereocenters. The van der Waals surface area contributed by atoms with Gasteiger partial charge in [-0.15, -0.1) is 0 Å². The third kappa shape index (κ3) is 3.15. The second-order valence-electron chi connectivity index (χ2n) is 3.99. The van der Waals surface area contributed by atoms with Crippen LogP contribution >= 0.6 is 34.8 Å². The predicted molar refractivity (Wildman–Crippen MR) is 75.1 cm³/mol. The van der Waals surface area contributed by atoms with Crippen LogP contribution in [-0.2, 0) is 6.18 Å². The van der Waals surface area contributed by atoms with Crippen LogP contribution in [0.25, 0.3) is 11.3 Å². The lowest BCUT2D eigenvalue weighted by Gasteiger charge is -2.13. The summed E-state index contributed by atoms with van der Waals surface area (Å²) in [6, 6.07) is 3.35. The van der Waals surface area contributed by atoms with Crippen molar-refractivity contribution < 1.29 is 18.0 Å². The Balaban J connectivity index is 2.80. The van der Waals surface area contributed by atoms with Crippen molar-refractivity contribution in [1.29, 1.82) is 0 Å². The number of rotatable bonds is 2. The van der Waals surface area contributed by atoms with Crippen molar-refractivity contribution in [2.45, 2.75) is 6.18 Å². The van der Waals surface area contributed by atoms with Gasteiger partial charge in [0.15, 0.2) is 6.29 Å². The molecule has 0 aliphatic heterocycles. The van der Waals surface area contributed by atoms with E-state index in [-0.39, 0.29) is 32.6 Å². The summed E-state index contributed by atoms with van der Waals surface area (Å²) in [7, 11) is 0. The van der Waals surface area contributed by atoms with E-state index in [1.165, 1.54) is 12.1 Å². The fourth-order valence-electron chi connectivity index (χ4n) is 1.78. The van der Waals surface area contributed by atoms with E-state index in [9.17, 15) is 18.0 Å². The maximum absolute atomic E-state index is 12.9. The molecule has 0 saturated heterocycles. The number of hydrogen-bond acceptors (Lipinski definition) is 2. The van der Waals surface area contributed by atoms with Crippen LogP contribution in [0.2, 0.25) is 15.1 Å². The summed E-state index contributed by atoms with van der Waals surface area (Å²) in [5.74, 6) is 0. The fraction of sp³-hybridized carbons (Fsp3) is 0.0769. The van der Waals surface area contributed by atoms with Gasteiger partial charge in [0, 0.05) is 16.8 Å². The molecule has 0 spiro atoms. The molecule has 21 heavy (non-hydrogen) atoms. The van der Waals surface area contributed by atoms with E-state index in [0.29, 0.717) is 6.07 Å². The van der Waals surface area contributed by atoms with E-state index in [0.717, 1.165) is 6.20 Å². The monoisotopic (exact) mass is 353 g/mol. The van der Waals surface area contributed by atoms with Crippen LogP contribution in [0.3, 0.4) is 0 Å². The lowest BCUT2D eigenvalue weighted by atomic mass is 10.0. The molecule has 0 amide bonds. The molecule has 0 saturated carbocycles. The molecule has 2 rings (SSSR count). The first-order valence-electron chi connectivity index (χ1n) is 5.42. The highest BCUT2D eigenvalue weighted by Gasteiger charge is 2.35. The molecule has 0 atom stereocenters. The highest BCUT2D eigenvalue weighted by Crippen LogP contribution is 2.40. The first kappa shape index (κ1) is 16.1. The fourth-order valence-corrected chi connectivity index (χ4v) is 2.47. The van der Waals surface area contributed by atoms with Crippen LogP contribution < -0.4 is 0 Å². The van der Waals surface area contributed by atoms with Crippen molar-refractivity contribution >= 4 is 41.1 Å². The zero-order valence-electron chi connectivity index (χ0n) is 10.0. The van der Waals surface area contributed by atoms with Gasteiger partial charge in [-0.1, -0.05) is 34.8 Å². The summed E-state index contributed by atoms with van der Waals surface area (Å²) in [6.07, 6.45) is -3.67. The molecule has 1 aromatic carbocycles. The van der Waals surface area contributed by atoms with Crippen molar-refractivity contribution in [3.8, 4) is 11.3 Å². The third-order valence-electron chi connectivity index (χ3n) is 2.66. The predicted octanol–water partition coefficient (Wildman–Crippen LogP) is 5.54. The highest BCUT2D eigenvalue weighted by molar-refractivity contribution is 6.45. The van der Waals surface area contributed by atoms with E-state index >= 15 is 0 Å². The summed E-state index contributed by atoms with van der Waals surface area (Å²) in [6.45, 7) is 0. The van der Waals surface area contributed by atoms with Gasteiger partial charge in [0.2, 0.25) is 0 Å². The Bertz CT molecular complexity index is 717. The average molecular weight is 355 g/mol. The summed E-state index contributed by atoms with van der Waals surface area (Å²) in [4.78, 5) is 14.9. The molecule has 2 nitrogen and oxygen atoms in total. The van der Waals surface area contributed by atoms with Gasteiger partial charge in [0.25, 0.3) is 0 Å². The molecular weight excluding hydrogens is 350 g/mol. The normalized spacial score (nSPS) is 11.5. The second kappa shape index (κ2) is 5.83. The quantitative estimate of drug-likeness (QED) is 0.523. The number of aromatic nitrogens is 1. The number of nitrogens with zero attached hydrogens (tertiary/aromatic N) is 1. The summed E-state index contributed by atoms with van der Waals surface area (Å²) in [5.41, 5.74) is -1.89. The highest BCUT2D eigenvalue weighted by atomic mass is 35.5. The Morgan fingerprint density at radius 1 is 1.14 bits per heavy atom. The van der Waals surface area contributed by atoms with Crippen molar-refractivity contribution in [2.75, 3.05) is 0 Å². The van der Waals surface area contributed by atoms with E-state index < -0.39 is 17.3 Å².